The van der Waals surface area contributed by atoms with Crippen LogP contribution in [-0.4, -0.2) is 20.0 Å². The van der Waals surface area contributed by atoms with E-state index < -0.39 is 0 Å². The Balaban J connectivity index is 3.15. The first-order chi connectivity index (χ1) is 7.58. The molecule has 4 heteroatoms. The monoisotopic (exact) mass is 284 g/mol. The van der Waals surface area contributed by atoms with E-state index in [1.807, 2.05) is 12.1 Å². The quantitative estimate of drug-likeness (QED) is 0.797. The number of allylic oxidation sites excluding steroid dienone is 1. The van der Waals surface area contributed by atoms with E-state index >= 15 is 0 Å². The number of ether oxygens (including phenoxy) is 2. The average molecular weight is 285 g/mol. The smallest absolute Gasteiger partial charge is 0.174 e. The normalized spacial score (nSPS) is 10.5. The molecular weight excluding hydrogens is 272 g/mol. The van der Waals surface area contributed by atoms with Gasteiger partial charge in [-0.15, -0.1) is 0 Å². The van der Waals surface area contributed by atoms with Crippen LogP contribution in [0, 0.1) is 0 Å². The second-order valence-corrected chi connectivity index (χ2v) is 4.04. The van der Waals surface area contributed by atoms with Gasteiger partial charge in [0, 0.05) is 0 Å². The van der Waals surface area contributed by atoms with Crippen LogP contribution in [0.4, 0.5) is 0 Å². The minimum Gasteiger partial charge on any atom is -0.493 e. The molecule has 86 valence electrons. The first-order valence-electron chi connectivity index (χ1n) is 4.68. The number of ketones is 1. The molecule has 1 aromatic carbocycles. The molecule has 0 bridgehead atoms. The highest BCUT2D eigenvalue weighted by Crippen LogP contribution is 2.36. The van der Waals surface area contributed by atoms with Gasteiger partial charge in [-0.1, -0.05) is 6.08 Å². The highest BCUT2D eigenvalue weighted by atomic mass is 79.9. The molecule has 0 atom stereocenters. The lowest BCUT2D eigenvalue weighted by Gasteiger charge is -2.10. The average Bonchev–Trinajstić information content (AvgIpc) is 2.25. The molecule has 0 saturated heterocycles. The van der Waals surface area contributed by atoms with Crippen LogP contribution in [-0.2, 0) is 4.79 Å². The second kappa shape index (κ2) is 5.70. The number of carbonyl (C=O) groups excluding carboxylic acids is 1. The summed E-state index contributed by atoms with van der Waals surface area (Å²) in [5.74, 6) is 1.27. The van der Waals surface area contributed by atoms with Crippen molar-refractivity contribution in [1.29, 1.82) is 0 Å². The first-order valence-corrected chi connectivity index (χ1v) is 5.48. The molecule has 0 aromatic heterocycles. The predicted molar refractivity (Wildman–Crippen MR) is 67.0 cm³/mol. The lowest BCUT2D eigenvalue weighted by Crippen LogP contribution is -1.92. The highest BCUT2D eigenvalue weighted by Gasteiger charge is 2.09. The number of halogens is 1. The maximum atomic E-state index is 10.8. The van der Waals surface area contributed by atoms with Crippen molar-refractivity contribution in [2.45, 2.75) is 6.92 Å². The Kier molecular flexibility index (Phi) is 4.55. The zero-order valence-electron chi connectivity index (χ0n) is 9.41. The largest absolute Gasteiger partial charge is 0.493 e. The molecule has 0 saturated carbocycles. The van der Waals surface area contributed by atoms with Gasteiger partial charge < -0.3 is 9.47 Å². The van der Waals surface area contributed by atoms with Gasteiger partial charge in [0.25, 0.3) is 0 Å². The number of hydrogen-bond acceptors (Lipinski definition) is 3. The fourth-order valence-electron chi connectivity index (χ4n) is 1.25. The Morgan fingerprint density at radius 3 is 2.50 bits per heavy atom. The number of methoxy groups -OCH3 is 2. The van der Waals surface area contributed by atoms with E-state index in [1.165, 1.54) is 13.0 Å². The molecule has 0 aliphatic carbocycles. The molecule has 1 aromatic rings. The summed E-state index contributed by atoms with van der Waals surface area (Å²) in [5, 5.41) is 0. The van der Waals surface area contributed by atoms with Gasteiger partial charge in [0.05, 0.1) is 18.7 Å². The lowest BCUT2D eigenvalue weighted by molar-refractivity contribution is -0.112. The molecule has 0 unspecified atom stereocenters. The molecule has 1 rings (SSSR count). The van der Waals surface area contributed by atoms with Crippen molar-refractivity contribution in [3.05, 3.63) is 28.2 Å². The molecule has 0 spiro atoms. The zero-order valence-corrected chi connectivity index (χ0v) is 11.0. The third kappa shape index (κ3) is 3.10. The molecule has 0 fully saturated rings. The van der Waals surface area contributed by atoms with Crippen molar-refractivity contribution < 1.29 is 14.3 Å². The summed E-state index contributed by atoms with van der Waals surface area (Å²) in [7, 11) is 3.15. The molecule has 3 nitrogen and oxygen atoms in total. The Labute approximate surface area is 103 Å². The van der Waals surface area contributed by atoms with Crippen LogP contribution in [0.25, 0.3) is 6.08 Å². The summed E-state index contributed by atoms with van der Waals surface area (Å²) < 4.78 is 11.2. The van der Waals surface area contributed by atoms with Crippen LogP contribution in [0.5, 0.6) is 11.5 Å². The number of hydrogen-bond donors (Lipinski definition) is 0. The summed E-state index contributed by atoms with van der Waals surface area (Å²) in [6, 6.07) is 3.67. The fraction of sp³-hybridized carbons (Fsp3) is 0.250. The summed E-state index contributed by atoms with van der Waals surface area (Å²) in [6.45, 7) is 1.51. The van der Waals surface area contributed by atoms with E-state index in [0.29, 0.717) is 11.5 Å². The Morgan fingerprint density at radius 1 is 1.31 bits per heavy atom. The van der Waals surface area contributed by atoms with Crippen LogP contribution in [0.1, 0.15) is 12.5 Å². The molecule has 0 radical (unpaired) electrons. The molecular formula is C12H13BrO3. The van der Waals surface area contributed by atoms with E-state index in [2.05, 4.69) is 15.9 Å². The minimum absolute atomic E-state index is 0.00547. The van der Waals surface area contributed by atoms with E-state index in [1.54, 1.807) is 20.3 Å². The van der Waals surface area contributed by atoms with Gasteiger partial charge in [0.1, 0.15) is 0 Å². The van der Waals surface area contributed by atoms with E-state index in [4.69, 9.17) is 9.47 Å². The second-order valence-electron chi connectivity index (χ2n) is 3.18. The molecule has 0 amide bonds. The molecule has 16 heavy (non-hydrogen) atoms. The van der Waals surface area contributed by atoms with Crippen molar-refractivity contribution in [2.75, 3.05) is 14.2 Å². The van der Waals surface area contributed by atoms with Gasteiger partial charge in [-0.3, -0.25) is 4.79 Å². The topological polar surface area (TPSA) is 35.5 Å². The van der Waals surface area contributed by atoms with Gasteiger partial charge >= 0.3 is 0 Å². The summed E-state index contributed by atoms with van der Waals surface area (Å²) in [5.41, 5.74) is 0.875. The van der Waals surface area contributed by atoms with Crippen molar-refractivity contribution in [3.63, 3.8) is 0 Å². The van der Waals surface area contributed by atoms with E-state index in [9.17, 15) is 4.79 Å². The van der Waals surface area contributed by atoms with Crippen molar-refractivity contribution in [3.8, 4) is 11.5 Å². The maximum absolute atomic E-state index is 10.8. The summed E-state index contributed by atoms with van der Waals surface area (Å²) in [4.78, 5) is 10.8. The lowest BCUT2D eigenvalue weighted by atomic mass is 10.1. The predicted octanol–water partition coefficient (Wildman–Crippen LogP) is 3.07. The third-order valence-corrected chi connectivity index (χ3v) is 2.56. The van der Waals surface area contributed by atoms with Gasteiger partial charge in [-0.2, -0.15) is 0 Å². The van der Waals surface area contributed by atoms with Crippen molar-refractivity contribution in [1.82, 2.24) is 0 Å². The van der Waals surface area contributed by atoms with Crippen molar-refractivity contribution >= 4 is 27.8 Å². The number of carbonyl (C=O) groups is 1. The van der Waals surface area contributed by atoms with Gasteiger partial charge in [-0.25, -0.2) is 0 Å². The first kappa shape index (κ1) is 12.8. The van der Waals surface area contributed by atoms with Crippen molar-refractivity contribution in [2.24, 2.45) is 0 Å². The third-order valence-electron chi connectivity index (χ3n) is 1.97. The van der Waals surface area contributed by atoms with Crippen LogP contribution >= 0.6 is 15.9 Å². The fourth-order valence-corrected chi connectivity index (χ4v) is 1.87. The molecule has 0 heterocycles. The molecule has 0 aliphatic heterocycles. The minimum atomic E-state index is 0.00547. The Bertz CT molecular complexity index is 425. The van der Waals surface area contributed by atoms with Crippen LogP contribution in [0.15, 0.2) is 22.7 Å². The van der Waals surface area contributed by atoms with Crippen LogP contribution in [0.3, 0.4) is 0 Å². The van der Waals surface area contributed by atoms with E-state index in [0.717, 1.165) is 10.0 Å². The Morgan fingerprint density at radius 2 is 2.00 bits per heavy atom. The SMILES string of the molecule is COc1cc(C=CC(C)=O)cc(Br)c1OC. The Hall–Kier alpha value is -1.29. The van der Waals surface area contributed by atoms with E-state index in [-0.39, 0.29) is 5.78 Å². The van der Waals surface area contributed by atoms with Gasteiger partial charge in [0.2, 0.25) is 0 Å². The standard InChI is InChI=1S/C12H13BrO3/c1-8(14)4-5-9-6-10(13)12(16-3)11(7-9)15-2/h4-7H,1-3H3. The summed E-state index contributed by atoms with van der Waals surface area (Å²) in [6.07, 6.45) is 3.24. The van der Waals surface area contributed by atoms with Gasteiger partial charge in [-0.05, 0) is 46.6 Å². The number of benzene rings is 1. The molecule has 0 N–H and O–H groups in total. The number of rotatable bonds is 4. The van der Waals surface area contributed by atoms with Crippen LogP contribution < -0.4 is 9.47 Å². The van der Waals surface area contributed by atoms with Crippen LogP contribution in [0.2, 0.25) is 0 Å². The molecule has 0 aliphatic rings. The summed E-state index contributed by atoms with van der Waals surface area (Å²) >= 11 is 3.38. The zero-order chi connectivity index (χ0) is 12.1. The highest BCUT2D eigenvalue weighted by molar-refractivity contribution is 9.10. The maximum Gasteiger partial charge on any atom is 0.174 e. The van der Waals surface area contributed by atoms with Gasteiger partial charge in [0.15, 0.2) is 17.3 Å².